The number of carbonyl (C=O) groups excluding carboxylic acids is 1. The smallest absolute Gasteiger partial charge is 0.234 e. The highest BCUT2D eigenvalue weighted by atomic mass is 16.2. The van der Waals surface area contributed by atoms with Crippen molar-refractivity contribution in [3.63, 3.8) is 0 Å². The second kappa shape index (κ2) is 5.60. The van der Waals surface area contributed by atoms with E-state index in [0.717, 1.165) is 24.9 Å². The topological polar surface area (TPSA) is 46.3 Å². The summed E-state index contributed by atoms with van der Waals surface area (Å²) in [5, 5.41) is 0. The van der Waals surface area contributed by atoms with Gasteiger partial charge in [-0.05, 0) is 48.6 Å². The van der Waals surface area contributed by atoms with Gasteiger partial charge < -0.3 is 10.6 Å². The summed E-state index contributed by atoms with van der Waals surface area (Å²) in [5.41, 5.74) is 9.83. The van der Waals surface area contributed by atoms with Gasteiger partial charge in [-0.2, -0.15) is 0 Å². The molecule has 108 valence electrons. The molecule has 0 spiro atoms. The third-order valence-corrected chi connectivity index (χ3v) is 4.26. The second-order valence-electron chi connectivity index (χ2n) is 5.64. The minimum absolute atomic E-state index is 0.0404. The van der Waals surface area contributed by atoms with Crippen molar-refractivity contribution in [2.75, 3.05) is 17.7 Å². The highest BCUT2D eigenvalue weighted by molar-refractivity contribution is 5.98. The number of hydrogen-bond acceptors (Lipinski definition) is 2. The standard InChI is InChI=1S/C18H20N2O/c1-20(15-9-5-8-14(19)12-15)18(21)17-11-4-7-13-6-2-3-10-16(13)17/h2-3,5-6,8-10,12,17H,4,7,11,19H2,1H3. The quantitative estimate of drug-likeness (QED) is 0.857. The number of aryl methyl sites for hydroxylation is 1. The second-order valence-corrected chi connectivity index (χ2v) is 5.64. The van der Waals surface area contributed by atoms with Gasteiger partial charge in [0.05, 0.1) is 5.92 Å². The molecule has 0 bridgehead atoms. The van der Waals surface area contributed by atoms with E-state index in [4.69, 9.17) is 5.73 Å². The normalized spacial score (nSPS) is 17.1. The summed E-state index contributed by atoms with van der Waals surface area (Å²) in [5.74, 6) is 0.106. The van der Waals surface area contributed by atoms with Crippen molar-refractivity contribution in [1.29, 1.82) is 0 Å². The van der Waals surface area contributed by atoms with E-state index in [0.29, 0.717) is 5.69 Å². The SMILES string of the molecule is CN(C(=O)C1CCCc2ccccc21)c1cccc(N)c1. The predicted molar refractivity (Wildman–Crippen MR) is 86.4 cm³/mol. The largest absolute Gasteiger partial charge is 0.399 e. The lowest BCUT2D eigenvalue weighted by Gasteiger charge is -2.28. The summed E-state index contributed by atoms with van der Waals surface area (Å²) in [6.45, 7) is 0. The third kappa shape index (κ3) is 2.64. The zero-order valence-corrected chi connectivity index (χ0v) is 12.3. The molecule has 3 rings (SSSR count). The maximum absolute atomic E-state index is 12.9. The molecule has 21 heavy (non-hydrogen) atoms. The average Bonchev–Trinajstić information content (AvgIpc) is 2.53. The molecule has 3 nitrogen and oxygen atoms in total. The lowest BCUT2D eigenvalue weighted by atomic mass is 9.82. The van der Waals surface area contributed by atoms with Crippen molar-refractivity contribution >= 4 is 17.3 Å². The number of benzene rings is 2. The monoisotopic (exact) mass is 280 g/mol. The summed E-state index contributed by atoms with van der Waals surface area (Å²) in [4.78, 5) is 14.6. The molecule has 0 radical (unpaired) electrons. The Labute approximate surface area is 125 Å². The Morgan fingerprint density at radius 2 is 2.00 bits per heavy atom. The first-order chi connectivity index (χ1) is 10.2. The van der Waals surface area contributed by atoms with Crippen molar-refractivity contribution in [3.8, 4) is 0 Å². The van der Waals surface area contributed by atoms with Crippen molar-refractivity contribution in [1.82, 2.24) is 0 Å². The van der Waals surface area contributed by atoms with Crippen molar-refractivity contribution in [2.24, 2.45) is 0 Å². The van der Waals surface area contributed by atoms with Gasteiger partial charge in [-0.15, -0.1) is 0 Å². The molecule has 2 aromatic rings. The van der Waals surface area contributed by atoms with E-state index in [1.54, 1.807) is 4.90 Å². The van der Waals surface area contributed by atoms with Crippen LogP contribution >= 0.6 is 0 Å². The molecule has 2 aromatic carbocycles. The number of rotatable bonds is 2. The molecule has 1 atom stereocenters. The number of hydrogen-bond donors (Lipinski definition) is 1. The zero-order valence-electron chi connectivity index (χ0n) is 12.3. The number of nitrogens with two attached hydrogens (primary N) is 1. The number of carbonyl (C=O) groups is 1. The molecular formula is C18H20N2O. The molecule has 3 heteroatoms. The van der Waals surface area contributed by atoms with Crippen LogP contribution in [0.25, 0.3) is 0 Å². The highest BCUT2D eigenvalue weighted by Crippen LogP contribution is 2.33. The third-order valence-electron chi connectivity index (χ3n) is 4.26. The van der Waals surface area contributed by atoms with Gasteiger partial charge in [-0.25, -0.2) is 0 Å². The van der Waals surface area contributed by atoms with E-state index in [9.17, 15) is 4.79 Å². The van der Waals surface area contributed by atoms with Crippen LogP contribution in [-0.2, 0) is 11.2 Å². The number of nitrogen functional groups attached to an aromatic ring is 1. The van der Waals surface area contributed by atoms with Crippen LogP contribution in [0.2, 0.25) is 0 Å². The Morgan fingerprint density at radius 1 is 1.19 bits per heavy atom. The van der Waals surface area contributed by atoms with Gasteiger partial charge in [0.2, 0.25) is 5.91 Å². The Morgan fingerprint density at radius 3 is 2.81 bits per heavy atom. The summed E-state index contributed by atoms with van der Waals surface area (Å²) in [6, 6.07) is 15.8. The molecule has 1 aliphatic carbocycles. The highest BCUT2D eigenvalue weighted by Gasteiger charge is 2.28. The molecule has 0 fully saturated rings. The van der Waals surface area contributed by atoms with E-state index in [-0.39, 0.29) is 11.8 Å². The minimum atomic E-state index is -0.0404. The summed E-state index contributed by atoms with van der Waals surface area (Å²) in [6.07, 6.45) is 3.06. The lowest BCUT2D eigenvalue weighted by Crippen LogP contribution is -2.33. The van der Waals surface area contributed by atoms with E-state index < -0.39 is 0 Å². The molecule has 0 aliphatic heterocycles. The van der Waals surface area contributed by atoms with E-state index in [1.807, 2.05) is 43.4 Å². The van der Waals surface area contributed by atoms with Crippen LogP contribution in [0.4, 0.5) is 11.4 Å². The van der Waals surface area contributed by atoms with Gasteiger partial charge in [0.15, 0.2) is 0 Å². The fourth-order valence-corrected chi connectivity index (χ4v) is 3.10. The van der Waals surface area contributed by atoms with Crippen LogP contribution < -0.4 is 10.6 Å². The van der Waals surface area contributed by atoms with Crippen LogP contribution in [0.5, 0.6) is 0 Å². The first-order valence-electron chi connectivity index (χ1n) is 7.38. The first kappa shape index (κ1) is 13.7. The molecule has 0 saturated heterocycles. The maximum atomic E-state index is 12.9. The number of amides is 1. The maximum Gasteiger partial charge on any atom is 0.234 e. The Balaban J connectivity index is 1.89. The van der Waals surface area contributed by atoms with Gasteiger partial charge in [-0.3, -0.25) is 4.79 Å². The predicted octanol–water partition coefficient (Wildman–Crippen LogP) is 3.35. The average molecular weight is 280 g/mol. The Hall–Kier alpha value is -2.29. The number of nitrogens with zero attached hydrogens (tertiary/aromatic N) is 1. The fourth-order valence-electron chi connectivity index (χ4n) is 3.10. The molecule has 0 saturated carbocycles. The Bertz CT molecular complexity index is 666. The molecule has 1 aliphatic rings. The molecule has 1 unspecified atom stereocenters. The number of anilines is 2. The molecule has 2 N–H and O–H groups in total. The van der Waals surface area contributed by atoms with E-state index >= 15 is 0 Å². The van der Waals surface area contributed by atoms with Crippen LogP contribution in [-0.4, -0.2) is 13.0 Å². The lowest BCUT2D eigenvalue weighted by molar-refractivity contribution is -0.120. The first-order valence-corrected chi connectivity index (χ1v) is 7.38. The van der Waals surface area contributed by atoms with Crippen LogP contribution in [0.15, 0.2) is 48.5 Å². The molecular weight excluding hydrogens is 260 g/mol. The minimum Gasteiger partial charge on any atom is -0.399 e. The van der Waals surface area contributed by atoms with Crippen molar-refractivity contribution in [2.45, 2.75) is 25.2 Å². The Kier molecular flexibility index (Phi) is 3.65. The summed E-state index contributed by atoms with van der Waals surface area (Å²) < 4.78 is 0. The molecule has 0 aromatic heterocycles. The number of likely N-dealkylation sites (N-methyl/N-ethyl adjacent to an activating group) is 1. The van der Waals surface area contributed by atoms with Gasteiger partial charge >= 0.3 is 0 Å². The van der Waals surface area contributed by atoms with Crippen LogP contribution in [0.3, 0.4) is 0 Å². The molecule has 0 heterocycles. The summed E-state index contributed by atoms with van der Waals surface area (Å²) >= 11 is 0. The molecule has 1 amide bonds. The zero-order chi connectivity index (χ0) is 14.8. The summed E-state index contributed by atoms with van der Waals surface area (Å²) in [7, 11) is 1.83. The fraction of sp³-hybridized carbons (Fsp3) is 0.278. The van der Waals surface area contributed by atoms with Gasteiger partial charge in [-0.1, -0.05) is 30.3 Å². The van der Waals surface area contributed by atoms with Gasteiger partial charge in [0, 0.05) is 18.4 Å². The van der Waals surface area contributed by atoms with Crippen molar-refractivity contribution < 1.29 is 4.79 Å². The van der Waals surface area contributed by atoms with Gasteiger partial charge in [0.1, 0.15) is 0 Å². The van der Waals surface area contributed by atoms with Crippen LogP contribution in [0, 0.1) is 0 Å². The number of fused-ring (bicyclic) bond motifs is 1. The van der Waals surface area contributed by atoms with Crippen LogP contribution in [0.1, 0.15) is 29.9 Å². The van der Waals surface area contributed by atoms with E-state index in [1.165, 1.54) is 11.1 Å². The van der Waals surface area contributed by atoms with Crippen molar-refractivity contribution in [3.05, 3.63) is 59.7 Å². The van der Waals surface area contributed by atoms with E-state index in [2.05, 4.69) is 12.1 Å². The van der Waals surface area contributed by atoms with Gasteiger partial charge in [0.25, 0.3) is 0 Å².